The van der Waals surface area contributed by atoms with Crippen LogP contribution in [0.25, 0.3) is 0 Å². The summed E-state index contributed by atoms with van der Waals surface area (Å²) in [4.78, 5) is 11.8. The molecule has 1 heterocycles. The third kappa shape index (κ3) is 3.70. The van der Waals surface area contributed by atoms with Gasteiger partial charge in [0.1, 0.15) is 6.10 Å². The number of ether oxygens (including phenoxy) is 2. The van der Waals surface area contributed by atoms with Crippen molar-refractivity contribution in [2.45, 2.75) is 44.6 Å². The van der Waals surface area contributed by atoms with E-state index in [-0.39, 0.29) is 23.4 Å². The first-order valence-corrected chi connectivity index (χ1v) is 6.28. The summed E-state index contributed by atoms with van der Waals surface area (Å²) >= 11 is 5.76. The van der Waals surface area contributed by atoms with Gasteiger partial charge in [-0.05, 0) is 37.3 Å². The van der Waals surface area contributed by atoms with Crippen molar-refractivity contribution in [2.24, 2.45) is 0 Å². The Bertz CT molecular complexity index is 368. The lowest BCUT2D eigenvalue weighted by Crippen LogP contribution is -2.17. The van der Waals surface area contributed by atoms with Crippen molar-refractivity contribution in [3.05, 3.63) is 5.28 Å². The second-order valence-electron chi connectivity index (χ2n) is 4.11. The number of halogens is 1. The summed E-state index contributed by atoms with van der Waals surface area (Å²) in [5.74, 6) is 0. The highest BCUT2D eigenvalue weighted by Gasteiger charge is 2.16. The molecule has 1 aromatic heterocycles. The van der Waals surface area contributed by atoms with Gasteiger partial charge in [0.2, 0.25) is 5.28 Å². The van der Waals surface area contributed by atoms with Crippen molar-refractivity contribution in [1.82, 2.24) is 15.0 Å². The van der Waals surface area contributed by atoms with E-state index in [1.54, 1.807) is 0 Å². The van der Waals surface area contributed by atoms with Crippen LogP contribution in [0.1, 0.15) is 38.5 Å². The Balaban J connectivity index is 2.03. The molecule has 1 aliphatic rings. The Labute approximate surface area is 106 Å². The van der Waals surface area contributed by atoms with Crippen molar-refractivity contribution < 1.29 is 9.47 Å². The first-order chi connectivity index (χ1) is 8.28. The van der Waals surface area contributed by atoms with E-state index in [4.69, 9.17) is 21.1 Å². The minimum atomic E-state index is 0.0977. The molecule has 17 heavy (non-hydrogen) atoms. The van der Waals surface area contributed by atoms with Crippen molar-refractivity contribution in [1.29, 1.82) is 0 Å². The molecule has 0 atom stereocenters. The predicted octanol–water partition coefficient (Wildman–Crippen LogP) is 2.64. The minimum absolute atomic E-state index is 0.0977. The molecule has 0 saturated heterocycles. The fourth-order valence-corrected chi connectivity index (χ4v) is 2.11. The van der Waals surface area contributed by atoms with Gasteiger partial charge in [-0.3, -0.25) is 0 Å². The Kier molecular flexibility index (Phi) is 4.36. The minimum Gasteiger partial charge on any atom is -0.467 e. The maximum Gasteiger partial charge on any atom is 0.324 e. The molecule has 94 valence electrons. The van der Waals surface area contributed by atoms with E-state index in [1.165, 1.54) is 32.8 Å². The van der Waals surface area contributed by atoms with E-state index in [1.807, 2.05) is 0 Å². The largest absolute Gasteiger partial charge is 0.467 e. The summed E-state index contributed by atoms with van der Waals surface area (Å²) in [6.07, 6.45) is 7.22. The number of hydrogen-bond donors (Lipinski definition) is 0. The van der Waals surface area contributed by atoms with Gasteiger partial charge in [0.15, 0.2) is 0 Å². The van der Waals surface area contributed by atoms with Crippen molar-refractivity contribution in [2.75, 3.05) is 7.11 Å². The van der Waals surface area contributed by atoms with Crippen LogP contribution < -0.4 is 9.47 Å². The molecule has 0 unspecified atom stereocenters. The van der Waals surface area contributed by atoms with Crippen molar-refractivity contribution in [3.8, 4) is 12.0 Å². The van der Waals surface area contributed by atoms with Crippen LogP contribution in [0.5, 0.6) is 12.0 Å². The first-order valence-electron chi connectivity index (χ1n) is 5.90. The summed E-state index contributed by atoms with van der Waals surface area (Å²) in [5.41, 5.74) is 0. The Hall–Kier alpha value is -1.10. The van der Waals surface area contributed by atoms with Crippen LogP contribution in [0.3, 0.4) is 0 Å². The molecule has 0 spiro atoms. The van der Waals surface area contributed by atoms with Crippen LogP contribution in [-0.2, 0) is 0 Å². The lowest BCUT2D eigenvalue weighted by atomic mass is 10.2. The van der Waals surface area contributed by atoms with Crippen LogP contribution in [0.4, 0.5) is 0 Å². The molecule has 0 aliphatic heterocycles. The second-order valence-corrected chi connectivity index (χ2v) is 4.44. The quantitative estimate of drug-likeness (QED) is 0.779. The van der Waals surface area contributed by atoms with Crippen LogP contribution in [0.15, 0.2) is 0 Å². The summed E-state index contributed by atoms with van der Waals surface area (Å²) in [6, 6.07) is 0.447. The number of hydrogen-bond acceptors (Lipinski definition) is 5. The van der Waals surface area contributed by atoms with Gasteiger partial charge in [-0.25, -0.2) is 0 Å². The highest BCUT2D eigenvalue weighted by atomic mass is 35.5. The molecule has 5 nitrogen and oxygen atoms in total. The summed E-state index contributed by atoms with van der Waals surface area (Å²) in [6.45, 7) is 0. The zero-order valence-corrected chi connectivity index (χ0v) is 10.6. The summed E-state index contributed by atoms with van der Waals surface area (Å²) < 4.78 is 10.7. The van der Waals surface area contributed by atoms with Gasteiger partial charge >= 0.3 is 12.0 Å². The van der Waals surface area contributed by atoms with Gasteiger partial charge in [0.05, 0.1) is 7.11 Å². The average Bonchev–Trinajstić information content (AvgIpc) is 2.57. The van der Waals surface area contributed by atoms with Crippen molar-refractivity contribution in [3.63, 3.8) is 0 Å². The second kappa shape index (κ2) is 6.00. The molecule has 0 N–H and O–H groups in total. The first kappa shape index (κ1) is 12.4. The Morgan fingerprint density at radius 3 is 2.29 bits per heavy atom. The Morgan fingerprint density at radius 2 is 1.65 bits per heavy atom. The van der Waals surface area contributed by atoms with Gasteiger partial charge in [0, 0.05) is 0 Å². The molecule has 0 amide bonds. The molecule has 0 aromatic carbocycles. The molecule has 1 aromatic rings. The smallest absolute Gasteiger partial charge is 0.324 e. The van der Waals surface area contributed by atoms with Crippen LogP contribution in [0, 0.1) is 0 Å². The number of methoxy groups -OCH3 is 1. The third-order valence-electron chi connectivity index (χ3n) is 2.82. The summed E-state index contributed by atoms with van der Waals surface area (Å²) in [7, 11) is 1.49. The standard InChI is InChI=1S/C11H16ClN3O2/c1-16-10-13-9(12)14-11(15-10)17-8-6-4-2-3-5-7-8/h8H,2-7H2,1H3. The van der Waals surface area contributed by atoms with Crippen molar-refractivity contribution >= 4 is 11.6 Å². The highest BCUT2D eigenvalue weighted by Crippen LogP contribution is 2.22. The number of rotatable bonds is 3. The molecular weight excluding hydrogens is 242 g/mol. The molecule has 1 saturated carbocycles. The van der Waals surface area contributed by atoms with Crippen LogP contribution in [-0.4, -0.2) is 28.2 Å². The predicted molar refractivity (Wildman–Crippen MR) is 63.5 cm³/mol. The maximum absolute atomic E-state index is 5.76. The molecular formula is C11H16ClN3O2. The fourth-order valence-electron chi connectivity index (χ4n) is 1.97. The molecule has 1 fully saturated rings. The fraction of sp³-hybridized carbons (Fsp3) is 0.727. The van der Waals surface area contributed by atoms with Gasteiger partial charge in [-0.1, -0.05) is 12.8 Å². The van der Waals surface area contributed by atoms with Crippen LogP contribution >= 0.6 is 11.6 Å². The van der Waals surface area contributed by atoms with E-state index in [2.05, 4.69) is 15.0 Å². The highest BCUT2D eigenvalue weighted by molar-refractivity contribution is 6.28. The molecule has 0 bridgehead atoms. The number of aromatic nitrogens is 3. The van der Waals surface area contributed by atoms with Gasteiger partial charge < -0.3 is 9.47 Å². The monoisotopic (exact) mass is 257 g/mol. The van der Waals surface area contributed by atoms with E-state index < -0.39 is 0 Å². The van der Waals surface area contributed by atoms with Gasteiger partial charge in [-0.15, -0.1) is 4.98 Å². The van der Waals surface area contributed by atoms with Gasteiger partial charge in [-0.2, -0.15) is 9.97 Å². The Morgan fingerprint density at radius 1 is 1.00 bits per heavy atom. The van der Waals surface area contributed by atoms with E-state index in [9.17, 15) is 0 Å². The lowest BCUT2D eigenvalue weighted by Gasteiger charge is -2.15. The van der Waals surface area contributed by atoms with E-state index in [0.717, 1.165) is 12.8 Å². The van der Waals surface area contributed by atoms with E-state index >= 15 is 0 Å². The molecule has 1 aliphatic carbocycles. The average molecular weight is 258 g/mol. The van der Waals surface area contributed by atoms with Gasteiger partial charge in [0.25, 0.3) is 0 Å². The summed E-state index contributed by atoms with van der Waals surface area (Å²) in [5, 5.41) is 0.0977. The normalized spacial score (nSPS) is 17.5. The topological polar surface area (TPSA) is 57.1 Å². The third-order valence-corrected chi connectivity index (χ3v) is 2.99. The zero-order valence-electron chi connectivity index (χ0n) is 9.86. The molecule has 6 heteroatoms. The van der Waals surface area contributed by atoms with Crippen LogP contribution in [0.2, 0.25) is 5.28 Å². The zero-order chi connectivity index (χ0) is 12.1. The maximum atomic E-state index is 5.76. The lowest BCUT2D eigenvalue weighted by molar-refractivity contribution is 0.165. The SMILES string of the molecule is COc1nc(Cl)nc(OC2CCCCCC2)n1. The molecule has 2 rings (SSSR count). The molecule has 0 radical (unpaired) electrons. The van der Waals surface area contributed by atoms with E-state index in [0.29, 0.717) is 0 Å². The number of nitrogens with zero attached hydrogens (tertiary/aromatic N) is 3.